The summed E-state index contributed by atoms with van der Waals surface area (Å²) >= 11 is 5.39. The minimum absolute atomic E-state index is 0.248. The summed E-state index contributed by atoms with van der Waals surface area (Å²) in [6.07, 6.45) is -4.36. The third-order valence-corrected chi connectivity index (χ3v) is 1.74. The highest BCUT2D eigenvalue weighted by Gasteiger charge is 2.32. The Labute approximate surface area is 73.7 Å². The summed E-state index contributed by atoms with van der Waals surface area (Å²) in [5.41, 5.74) is -0.0669. The van der Waals surface area contributed by atoms with Gasteiger partial charge >= 0.3 is 6.18 Å². The van der Waals surface area contributed by atoms with Gasteiger partial charge in [-0.25, -0.2) is 0 Å². The maximum Gasteiger partial charge on any atom is 0.417 e. The first-order valence-corrected chi connectivity index (χ1v) is 3.62. The highest BCUT2D eigenvalue weighted by atomic mass is 35.5. The summed E-state index contributed by atoms with van der Waals surface area (Å²) in [6, 6.07) is 3.66. The summed E-state index contributed by atoms with van der Waals surface area (Å²) in [5, 5.41) is -0.248. The molecule has 0 aliphatic carbocycles. The Morgan fingerprint density at radius 2 is 1.83 bits per heavy atom. The van der Waals surface area contributed by atoms with Gasteiger partial charge in [0.1, 0.15) is 7.85 Å². The van der Waals surface area contributed by atoms with Crippen LogP contribution in [-0.2, 0) is 6.18 Å². The minimum Gasteiger partial charge on any atom is -0.166 e. The third kappa shape index (κ3) is 1.94. The van der Waals surface area contributed by atoms with Crippen molar-refractivity contribution in [3.63, 3.8) is 0 Å². The summed E-state index contributed by atoms with van der Waals surface area (Å²) in [6.45, 7) is 0. The highest BCUT2D eigenvalue weighted by Crippen LogP contribution is 2.33. The number of benzene rings is 1. The second kappa shape index (κ2) is 3.01. The van der Waals surface area contributed by atoms with Gasteiger partial charge in [0.2, 0.25) is 0 Å². The van der Waals surface area contributed by atoms with E-state index in [9.17, 15) is 13.2 Å². The topological polar surface area (TPSA) is 0 Å². The number of hydrogen-bond donors (Lipinski definition) is 0. The second-order valence-electron chi connectivity index (χ2n) is 2.48. The zero-order valence-electron chi connectivity index (χ0n) is 6.24. The fraction of sp³-hybridized carbons (Fsp3) is 0.143. The zero-order valence-corrected chi connectivity index (χ0v) is 7.00. The highest BCUT2D eigenvalue weighted by molar-refractivity contribution is 6.36. The molecular weight excluding hydrogens is 187 g/mol. The average Bonchev–Trinajstić information content (AvgIpc) is 1.83. The van der Waals surface area contributed by atoms with Gasteiger partial charge in [0, 0.05) is 0 Å². The van der Waals surface area contributed by atoms with Crippen LogP contribution in [0.2, 0.25) is 5.02 Å². The molecule has 0 radical (unpaired) electrons. The third-order valence-electron chi connectivity index (χ3n) is 1.43. The van der Waals surface area contributed by atoms with Gasteiger partial charge in [0.15, 0.2) is 0 Å². The molecule has 0 aliphatic heterocycles. The smallest absolute Gasteiger partial charge is 0.166 e. The van der Waals surface area contributed by atoms with Gasteiger partial charge in [-0.15, -0.1) is 0 Å². The van der Waals surface area contributed by atoms with Crippen molar-refractivity contribution in [3.05, 3.63) is 28.8 Å². The summed E-state index contributed by atoms with van der Waals surface area (Å²) in [5.74, 6) is 0. The molecule has 0 spiro atoms. The Kier molecular flexibility index (Phi) is 2.37. The molecular formula is C7H5BClF3. The summed E-state index contributed by atoms with van der Waals surface area (Å²) < 4.78 is 36.3. The number of rotatable bonds is 0. The number of alkyl halides is 3. The molecule has 0 saturated heterocycles. The molecule has 0 amide bonds. The molecule has 0 bridgehead atoms. The molecule has 0 fully saturated rings. The van der Waals surface area contributed by atoms with Crippen molar-refractivity contribution in [2.45, 2.75) is 6.18 Å². The second-order valence-corrected chi connectivity index (χ2v) is 2.89. The molecule has 0 unspecified atom stereocenters. The Bertz CT molecular complexity index is 295. The molecule has 0 nitrogen and oxygen atoms in total. The van der Waals surface area contributed by atoms with Crippen molar-refractivity contribution < 1.29 is 13.2 Å². The normalized spacial score (nSPS) is 11.7. The Balaban J connectivity index is 3.19. The van der Waals surface area contributed by atoms with Gasteiger partial charge in [-0.3, -0.25) is 0 Å². The van der Waals surface area contributed by atoms with E-state index >= 15 is 0 Å². The molecule has 0 aromatic heterocycles. The van der Waals surface area contributed by atoms with Crippen molar-refractivity contribution in [2.75, 3.05) is 0 Å². The number of halogens is 4. The van der Waals surface area contributed by atoms with Gasteiger partial charge in [-0.2, -0.15) is 13.2 Å². The first-order chi connectivity index (χ1) is 5.41. The first-order valence-electron chi connectivity index (χ1n) is 3.24. The molecule has 64 valence electrons. The van der Waals surface area contributed by atoms with Crippen LogP contribution in [0.4, 0.5) is 13.2 Å². The lowest BCUT2D eigenvalue weighted by atomic mass is 9.95. The molecule has 1 rings (SSSR count). The average molecular weight is 192 g/mol. The van der Waals surface area contributed by atoms with Crippen LogP contribution >= 0.6 is 11.6 Å². The predicted molar refractivity (Wildman–Crippen MR) is 44.6 cm³/mol. The van der Waals surface area contributed by atoms with Crippen LogP contribution in [0.15, 0.2) is 18.2 Å². The molecule has 0 N–H and O–H groups in total. The molecule has 1 aromatic carbocycles. The van der Waals surface area contributed by atoms with Crippen molar-refractivity contribution in [1.29, 1.82) is 0 Å². The molecule has 5 heteroatoms. The quantitative estimate of drug-likeness (QED) is 0.548. The van der Waals surface area contributed by atoms with Crippen LogP contribution in [0.3, 0.4) is 0 Å². The van der Waals surface area contributed by atoms with Crippen LogP contribution in [-0.4, -0.2) is 7.85 Å². The van der Waals surface area contributed by atoms with E-state index in [0.29, 0.717) is 5.46 Å². The molecule has 0 saturated carbocycles. The molecule has 0 aliphatic rings. The minimum atomic E-state index is -4.36. The fourth-order valence-electron chi connectivity index (χ4n) is 0.850. The molecule has 1 aromatic rings. The van der Waals surface area contributed by atoms with E-state index in [0.717, 1.165) is 6.07 Å². The lowest BCUT2D eigenvalue weighted by Crippen LogP contribution is -2.09. The summed E-state index contributed by atoms with van der Waals surface area (Å²) in [7, 11) is 1.69. The van der Waals surface area contributed by atoms with E-state index in [-0.39, 0.29) is 5.02 Å². The molecule has 12 heavy (non-hydrogen) atoms. The SMILES string of the molecule is Bc1ccc(C(F)(F)F)c(Cl)c1. The molecule has 0 heterocycles. The monoisotopic (exact) mass is 192 g/mol. The van der Waals surface area contributed by atoms with Crippen LogP contribution in [0.25, 0.3) is 0 Å². The van der Waals surface area contributed by atoms with E-state index in [4.69, 9.17) is 11.6 Å². The van der Waals surface area contributed by atoms with Crippen molar-refractivity contribution in [1.82, 2.24) is 0 Å². The van der Waals surface area contributed by atoms with E-state index < -0.39 is 11.7 Å². The Morgan fingerprint density at radius 1 is 1.25 bits per heavy atom. The van der Waals surface area contributed by atoms with Crippen molar-refractivity contribution in [3.8, 4) is 0 Å². The van der Waals surface area contributed by atoms with Crippen LogP contribution < -0.4 is 5.46 Å². The summed E-state index contributed by atoms with van der Waals surface area (Å²) in [4.78, 5) is 0. The fourth-order valence-corrected chi connectivity index (χ4v) is 1.19. The number of hydrogen-bond acceptors (Lipinski definition) is 0. The Morgan fingerprint density at radius 3 is 2.25 bits per heavy atom. The van der Waals surface area contributed by atoms with Crippen LogP contribution in [0, 0.1) is 0 Å². The van der Waals surface area contributed by atoms with E-state index in [2.05, 4.69) is 0 Å². The lowest BCUT2D eigenvalue weighted by molar-refractivity contribution is -0.137. The van der Waals surface area contributed by atoms with Crippen LogP contribution in [0.1, 0.15) is 5.56 Å². The van der Waals surface area contributed by atoms with Crippen LogP contribution in [0.5, 0.6) is 0 Å². The van der Waals surface area contributed by atoms with Crippen molar-refractivity contribution >= 4 is 24.9 Å². The standard InChI is InChI=1S/C7H5BClF3/c8-4-1-2-5(6(9)3-4)7(10,11)12/h1-3H,8H2. The van der Waals surface area contributed by atoms with Gasteiger partial charge in [-0.1, -0.05) is 23.1 Å². The maximum absolute atomic E-state index is 12.1. The van der Waals surface area contributed by atoms with E-state index in [1.807, 2.05) is 0 Å². The van der Waals surface area contributed by atoms with Gasteiger partial charge in [0.05, 0.1) is 10.6 Å². The lowest BCUT2D eigenvalue weighted by Gasteiger charge is -2.08. The molecule has 0 atom stereocenters. The Hall–Kier alpha value is -0.635. The van der Waals surface area contributed by atoms with Gasteiger partial charge in [0.25, 0.3) is 0 Å². The van der Waals surface area contributed by atoms with Gasteiger partial charge < -0.3 is 0 Å². The van der Waals surface area contributed by atoms with E-state index in [1.165, 1.54) is 12.1 Å². The zero-order chi connectivity index (χ0) is 9.35. The largest absolute Gasteiger partial charge is 0.417 e. The van der Waals surface area contributed by atoms with E-state index in [1.54, 1.807) is 7.85 Å². The maximum atomic E-state index is 12.1. The predicted octanol–water partition coefficient (Wildman–Crippen LogP) is 1.62. The van der Waals surface area contributed by atoms with Crippen molar-refractivity contribution in [2.24, 2.45) is 0 Å². The first kappa shape index (κ1) is 9.45. The van der Waals surface area contributed by atoms with Gasteiger partial charge in [-0.05, 0) is 12.1 Å².